The van der Waals surface area contributed by atoms with Gasteiger partial charge in [0.25, 0.3) is 0 Å². The SMILES string of the molecule is COc1ccc(CNc2cccnc2[N+](=O)[O-])c(OC)c1. The lowest BCUT2D eigenvalue weighted by Gasteiger charge is -2.11. The smallest absolute Gasteiger partial charge is 0.386 e. The van der Waals surface area contributed by atoms with Gasteiger partial charge in [0.1, 0.15) is 23.4 Å². The lowest BCUT2D eigenvalue weighted by Crippen LogP contribution is -2.05. The van der Waals surface area contributed by atoms with Gasteiger partial charge in [-0.2, -0.15) is 0 Å². The van der Waals surface area contributed by atoms with Crippen molar-refractivity contribution in [2.45, 2.75) is 6.54 Å². The molecule has 2 rings (SSSR count). The Kier molecular flexibility index (Phi) is 4.55. The van der Waals surface area contributed by atoms with Crippen LogP contribution < -0.4 is 14.8 Å². The number of nitro groups is 1. The molecule has 0 bridgehead atoms. The van der Waals surface area contributed by atoms with Crippen molar-refractivity contribution in [1.82, 2.24) is 4.98 Å². The summed E-state index contributed by atoms with van der Waals surface area (Å²) in [6.45, 7) is 0.375. The molecule has 0 aliphatic rings. The number of anilines is 1. The van der Waals surface area contributed by atoms with Crippen LogP contribution in [0.4, 0.5) is 11.5 Å². The molecule has 0 radical (unpaired) electrons. The first kappa shape index (κ1) is 14.6. The Bertz CT molecular complexity index is 646. The normalized spacial score (nSPS) is 10.0. The molecule has 0 unspecified atom stereocenters. The molecule has 0 spiro atoms. The van der Waals surface area contributed by atoms with Crippen molar-refractivity contribution in [3.63, 3.8) is 0 Å². The quantitative estimate of drug-likeness (QED) is 0.649. The van der Waals surface area contributed by atoms with Gasteiger partial charge in [-0.1, -0.05) is 0 Å². The summed E-state index contributed by atoms with van der Waals surface area (Å²) in [6.07, 6.45) is 1.39. The minimum Gasteiger partial charge on any atom is -0.497 e. The fourth-order valence-electron chi connectivity index (χ4n) is 1.87. The average molecular weight is 289 g/mol. The van der Waals surface area contributed by atoms with Gasteiger partial charge in [-0.15, -0.1) is 0 Å². The molecule has 21 heavy (non-hydrogen) atoms. The molecule has 0 saturated carbocycles. The van der Waals surface area contributed by atoms with Crippen LogP contribution in [0.15, 0.2) is 36.5 Å². The second kappa shape index (κ2) is 6.56. The molecule has 1 aromatic carbocycles. The molecule has 1 heterocycles. The monoisotopic (exact) mass is 289 g/mol. The van der Waals surface area contributed by atoms with E-state index in [1.807, 2.05) is 6.07 Å². The number of benzene rings is 1. The molecule has 0 atom stereocenters. The zero-order valence-electron chi connectivity index (χ0n) is 11.7. The van der Waals surface area contributed by atoms with Crippen molar-refractivity contribution in [3.05, 3.63) is 52.2 Å². The van der Waals surface area contributed by atoms with Gasteiger partial charge in [-0.05, 0) is 34.2 Å². The average Bonchev–Trinajstić information content (AvgIpc) is 2.52. The first-order chi connectivity index (χ1) is 10.2. The van der Waals surface area contributed by atoms with Crippen LogP contribution in [-0.4, -0.2) is 24.1 Å². The number of pyridine rings is 1. The van der Waals surface area contributed by atoms with Gasteiger partial charge in [0.2, 0.25) is 0 Å². The number of nitrogens with one attached hydrogen (secondary N) is 1. The third-order valence-corrected chi connectivity index (χ3v) is 2.92. The summed E-state index contributed by atoms with van der Waals surface area (Å²) in [5.74, 6) is 1.13. The van der Waals surface area contributed by atoms with Crippen LogP contribution in [0.5, 0.6) is 11.5 Å². The number of methoxy groups -OCH3 is 2. The molecule has 1 N–H and O–H groups in total. The third kappa shape index (κ3) is 3.38. The molecular formula is C14H15N3O4. The van der Waals surface area contributed by atoms with E-state index in [-0.39, 0.29) is 5.82 Å². The molecule has 7 heteroatoms. The summed E-state index contributed by atoms with van der Waals surface area (Å²) in [6, 6.07) is 8.65. The fourth-order valence-corrected chi connectivity index (χ4v) is 1.87. The Hall–Kier alpha value is -2.83. The van der Waals surface area contributed by atoms with Crippen molar-refractivity contribution in [2.75, 3.05) is 19.5 Å². The van der Waals surface area contributed by atoms with Crippen molar-refractivity contribution >= 4 is 11.5 Å². The number of nitrogens with zero attached hydrogens (tertiary/aromatic N) is 2. The lowest BCUT2D eigenvalue weighted by molar-refractivity contribution is -0.388. The second-order valence-electron chi connectivity index (χ2n) is 4.16. The molecule has 1 aromatic heterocycles. The molecule has 0 aliphatic carbocycles. The molecule has 0 amide bonds. The zero-order valence-corrected chi connectivity index (χ0v) is 11.7. The van der Waals surface area contributed by atoms with Gasteiger partial charge < -0.3 is 24.9 Å². The highest BCUT2D eigenvalue weighted by molar-refractivity contribution is 5.57. The van der Waals surface area contributed by atoms with Crippen molar-refractivity contribution in [2.24, 2.45) is 0 Å². The number of aromatic nitrogens is 1. The molecule has 0 aliphatic heterocycles. The van der Waals surface area contributed by atoms with Gasteiger partial charge >= 0.3 is 5.82 Å². The van der Waals surface area contributed by atoms with Crippen LogP contribution in [0, 0.1) is 10.1 Å². The van der Waals surface area contributed by atoms with E-state index in [9.17, 15) is 10.1 Å². The third-order valence-electron chi connectivity index (χ3n) is 2.92. The van der Waals surface area contributed by atoms with E-state index in [1.165, 1.54) is 6.20 Å². The van der Waals surface area contributed by atoms with Crippen molar-refractivity contribution < 1.29 is 14.4 Å². The molecule has 0 saturated heterocycles. The largest absolute Gasteiger partial charge is 0.497 e. The van der Waals surface area contributed by atoms with Crippen LogP contribution in [0.1, 0.15) is 5.56 Å². The molecule has 110 valence electrons. The summed E-state index contributed by atoms with van der Waals surface area (Å²) in [4.78, 5) is 14.1. The molecule has 2 aromatic rings. The predicted octanol–water partition coefficient (Wildman–Crippen LogP) is 2.62. The summed E-state index contributed by atoms with van der Waals surface area (Å²) in [5.41, 5.74) is 1.22. The van der Waals surface area contributed by atoms with Gasteiger partial charge in [0, 0.05) is 18.2 Å². The van der Waals surface area contributed by atoms with E-state index in [4.69, 9.17) is 9.47 Å². The highest BCUT2D eigenvalue weighted by Gasteiger charge is 2.14. The van der Waals surface area contributed by atoms with E-state index < -0.39 is 4.92 Å². The van der Waals surface area contributed by atoms with Gasteiger partial charge in [0.05, 0.1) is 14.2 Å². The Labute approximate surface area is 121 Å². The van der Waals surface area contributed by atoms with Crippen LogP contribution in [0.2, 0.25) is 0 Å². The van der Waals surface area contributed by atoms with Crippen molar-refractivity contribution in [3.8, 4) is 11.5 Å². The summed E-state index contributed by atoms with van der Waals surface area (Å²) in [7, 11) is 3.14. The highest BCUT2D eigenvalue weighted by atomic mass is 16.6. The lowest BCUT2D eigenvalue weighted by atomic mass is 10.2. The van der Waals surface area contributed by atoms with E-state index in [0.29, 0.717) is 23.7 Å². The van der Waals surface area contributed by atoms with E-state index in [1.54, 1.807) is 38.5 Å². The van der Waals surface area contributed by atoms with Gasteiger partial charge in [0.15, 0.2) is 0 Å². The van der Waals surface area contributed by atoms with Crippen molar-refractivity contribution in [1.29, 1.82) is 0 Å². The Morgan fingerprint density at radius 3 is 2.76 bits per heavy atom. The summed E-state index contributed by atoms with van der Waals surface area (Å²) in [5, 5.41) is 13.9. The number of hydrogen-bond donors (Lipinski definition) is 1. The Balaban J connectivity index is 2.19. The number of hydrogen-bond acceptors (Lipinski definition) is 6. The summed E-state index contributed by atoms with van der Waals surface area (Å²) < 4.78 is 10.4. The predicted molar refractivity (Wildman–Crippen MR) is 77.8 cm³/mol. The van der Waals surface area contributed by atoms with Gasteiger partial charge in [-0.25, -0.2) is 0 Å². The minimum absolute atomic E-state index is 0.204. The standard InChI is InChI=1S/C14H15N3O4/c1-20-11-6-5-10(13(8-11)21-2)9-16-12-4-3-7-15-14(12)17(18)19/h3-8,16H,9H2,1-2H3. The maximum Gasteiger partial charge on any atom is 0.386 e. The Morgan fingerprint density at radius 2 is 2.10 bits per heavy atom. The number of ether oxygens (including phenoxy) is 2. The molecular weight excluding hydrogens is 274 g/mol. The van der Waals surface area contributed by atoms with E-state index >= 15 is 0 Å². The van der Waals surface area contributed by atoms with Crippen LogP contribution >= 0.6 is 0 Å². The van der Waals surface area contributed by atoms with Crippen LogP contribution in [-0.2, 0) is 6.54 Å². The summed E-state index contributed by atoms with van der Waals surface area (Å²) >= 11 is 0. The maximum absolute atomic E-state index is 10.9. The van der Waals surface area contributed by atoms with Crippen LogP contribution in [0.25, 0.3) is 0 Å². The number of rotatable bonds is 6. The highest BCUT2D eigenvalue weighted by Crippen LogP contribution is 2.27. The second-order valence-corrected chi connectivity index (χ2v) is 4.16. The topological polar surface area (TPSA) is 86.5 Å². The fraction of sp³-hybridized carbons (Fsp3) is 0.214. The van der Waals surface area contributed by atoms with E-state index in [2.05, 4.69) is 10.3 Å². The Morgan fingerprint density at radius 1 is 1.29 bits per heavy atom. The molecule has 0 fully saturated rings. The minimum atomic E-state index is -0.520. The first-order valence-electron chi connectivity index (χ1n) is 6.20. The van der Waals surface area contributed by atoms with Gasteiger partial charge in [-0.3, -0.25) is 0 Å². The zero-order chi connectivity index (χ0) is 15.2. The molecule has 7 nitrogen and oxygen atoms in total. The van der Waals surface area contributed by atoms with Crippen LogP contribution in [0.3, 0.4) is 0 Å². The maximum atomic E-state index is 10.9. The first-order valence-corrected chi connectivity index (χ1v) is 6.20. The van der Waals surface area contributed by atoms with E-state index in [0.717, 1.165) is 5.56 Å².